The summed E-state index contributed by atoms with van der Waals surface area (Å²) >= 11 is 1.83. The summed E-state index contributed by atoms with van der Waals surface area (Å²) in [7, 11) is 0. The summed E-state index contributed by atoms with van der Waals surface area (Å²) in [5.41, 5.74) is 0.651. The molecule has 1 fully saturated rings. The topological polar surface area (TPSA) is 118 Å². The minimum absolute atomic E-state index is 0.180. The van der Waals surface area contributed by atoms with Crippen molar-refractivity contribution in [2.24, 2.45) is 5.92 Å². The third kappa shape index (κ3) is 6.79. The van der Waals surface area contributed by atoms with Gasteiger partial charge in [0.25, 0.3) is 0 Å². The third-order valence-electron chi connectivity index (χ3n) is 8.87. The van der Waals surface area contributed by atoms with Gasteiger partial charge in [0.05, 0.1) is 40.1 Å². The van der Waals surface area contributed by atoms with Crippen molar-refractivity contribution >= 4 is 63.9 Å². The molecule has 2 aliphatic rings. The summed E-state index contributed by atoms with van der Waals surface area (Å²) in [6.07, 6.45) is -4.72. The Morgan fingerprint density at radius 2 is 1.57 bits per heavy atom. The number of halogens is 3. The molecule has 3 atom stereocenters. The van der Waals surface area contributed by atoms with Crippen LogP contribution < -0.4 is 20.0 Å². The van der Waals surface area contributed by atoms with Gasteiger partial charge in [-0.15, -0.1) is 0 Å². The molecule has 1 saturated heterocycles. The molecule has 6 rings (SSSR count). The number of esters is 1. The maximum absolute atomic E-state index is 14.3. The Hall–Kier alpha value is -4.89. The molecule has 266 valence electrons. The zero-order chi connectivity index (χ0) is 36.6. The fourth-order valence-electron chi connectivity index (χ4n) is 6.48. The Morgan fingerprint density at radius 3 is 2.20 bits per heavy atom. The number of imide groups is 1. The van der Waals surface area contributed by atoms with Crippen LogP contribution in [0.5, 0.6) is 0 Å². The number of amides is 3. The highest BCUT2D eigenvalue weighted by molar-refractivity contribution is 8.00. The molecule has 0 bridgehead atoms. The van der Waals surface area contributed by atoms with Gasteiger partial charge in [-0.1, -0.05) is 47.4 Å². The quantitative estimate of drug-likeness (QED) is 0.147. The number of hydrogen-bond acceptors (Lipinski definition) is 9. The van der Waals surface area contributed by atoms with Gasteiger partial charge >= 0.3 is 17.0 Å². The lowest BCUT2D eigenvalue weighted by atomic mass is 9.83. The second-order valence-corrected chi connectivity index (χ2v) is 13.9. The zero-order valence-corrected chi connectivity index (χ0v) is 29.4. The van der Waals surface area contributed by atoms with E-state index >= 15 is 0 Å². The van der Waals surface area contributed by atoms with Crippen molar-refractivity contribution < 1.29 is 37.1 Å². The second-order valence-electron chi connectivity index (χ2n) is 11.8. The van der Waals surface area contributed by atoms with E-state index in [0.717, 1.165) is 63.5 Å². The summed E-state index contributed by atoms with van der Waals surface area (Å²) in [4.78, 5) is 70.5. The first-order valence-electron chi connectivity index (χ1n) is 16.2. The molecule has 0 saturated carbocycles. The molecule has 3 amide bonds. The van der Waals surface area contributed by atoms with Crippen LogP contribution in [-0.2, 0) is 31.8 Å². The van der Waals surface area contributed by atoms with E-state index in [1.807, 2.05) is 38.1 Å². The van der Waals surface area contributed by atoms with Gasteiger partial charge in [-0.05, 0) is 74.9 Å². The maximum Gasteiger partial charge on any atom is 0.418 e. The van der Waals surface area contributed by atoms with Gasteiger partial charge in [0.2, 0.25) is 17.7 Å². The van der Waals surface area contributed by atoms with Gasteiger partial charge in [-0.2, -0.15) is 13.2 Å². The Kier molecular flexibility index (Phi) is 10.1. The van der Waals surface area contributed by atoms with Crippen LogP contribution in [0.1, 0.15) is 53.1 Å². The minimum Gasteiger partial charge on any atom is -0.462 e. The average Bonchev–Trinajstić information content (AvgIpc) is 3.55. The predicted molar refractivity (Wildman–Crippen MR) is 189 cm³/mol. The van der Waals surface area contributed by atoms with Gasteiger partial charge in [0.15, 0.2) is 0 Å². The van der Waals surface area contributed by atoms with Crippen LogP contribution in [0, 0.1) is 5.92 Å². The molecule has 3 heterocycles. The van der Waals surface area contributed by atoms with E-state index in [0.29, 0.717) is 15.5 Å². The highest BCUT2D eigenvalue weighted by Crippen LogP contribution is 2.54. The smallest absolute Gasteiger partial charge is 0.418 e. The molecule has 2 aliphatic heterocycles. The number of anilines is 3. The van der Waals surface area contributed by atoms with Gasteiger partial charge < -0.3 is 15.0 Å². The number of aromatic nitrogens is 1. The normalized spacial score (nSPS) is 18.3. The fourth-order valence-corrected chi connectivity index (χ4v) is 9.26. The molecule has 51 heavy (non-hydrogen) atoms. The standard InChI is InChI=1S/C36H33F3N4O6S2/c1-4-41(5-2)22-15-11-20(12-16-22)27-28-29(32(46)43(31(28)45)23-17-13-21(14-18-23)34(47)49-6-3)50-33-30(27)51-35(48)42(33)19-26(44)40-25-10-8-7-9-24(25)36(37,38)39/h7-18,27-29H,4-6,19H2,1-3H3,(H,40,44)/t27-,28-,29+/m0/s1. The average molecular weight is 739 g/mol. The van der Waals surface area contributed by atoms with Gasteiger partial charge in [0, 0.05) is 29.6 Å². The number of thioether (sulfide) groups is 1. The van der Waals surface area contributed by atoms with Crippen LogP contribution in [0.4, 0.5) is 30.2 Å². The highest BCUT2D eigenvalue weighted by atomic mass is 32.2. The molecule has 3 aromatic carbocycles. The molecule has 0 unspecified atom stereocenters. The van der Waals surface area contributed by atoms with Crippen molar-refractivity contribution in [1.82, 2.24) is 4.57 Å². The van der Waals surface area contributed by atoms with E-state index in [2.05, 4.69) is 10.2 Å². The number of benzene rings is 3. The molecule has 10 nitrogen and oxygen atoms in total. The monoisotopic (exact) mass is 738 g/mol. The molecule has 1 aromatic heterocycles. The van der Waals surface area contributed by atoms with Crippen molar-refractivity contribution in [2.45, 2.75) is 49.7 Å². The summed E-state index contributed by atoms with van der Waals surface area (Å²) in [6.45, 7) is 6.83. The number of carbonyl (C=O) groups is 4. The third-order valence-corrected chi connectivity index (χ3v) is 11.5. The van der Waals surface area contributed by atoms with E-state index in [9.17, 15) is 37.1 Å². The molecule has 0 radical (unpaired) electrons. The van der Waals surface area contributed by atoms with Crippen molar-refractivity contribution in [2.75, 3.05) is 34.8 Å². The van der Waals surface area contributed by atoms with Crippen LogP contribution in [0.25, 0.3) is 0 Å². The van der Waals surface area contributed by atoms with Crippen LogP contribution in [0.3, 0.4) is 0 Å². The molecule has 4 aromatic rings. The first-order chi connectivity index (χ1) is 24.4. The number of para-hydroxylation sites is 1. The first kappa shape index (κ1) is 35.9. The Morgan fingerprint density at radius 1 is 0.902 bits per heavy atom. The van der Waals surface area contributed by atoms with Gasteiger partial charge in [-0.3, -0.25) is 23.7 Å². The number of hydrogen-bond donors (Lipinski definition) is 1. The fraction of sp³-hybridized carbons (Fsp3) is 0.306. The van der Waals surface area contributed by atoms with Crippen molar-refractivity contribution in [3.05, 3.63) is 104 Å². The Bertz CT molecular complexity index is 2040. The van der Waals surface area contributed by atoms with Crippen LogP contribution in [0.15, 0.2) is 82.6 Å². The van der Waals surface area contributed by atoms with Gasteiger partial charge in [-0.25, -0.2) is 9.69 Å². The molecule has 0 aliphatic carbocycles. The molecule has 0 spiro atoms. The Labute approximate surface area is 299 Å². The summed E-state index contributed by atoms with van der Waals surface area (Å²) in [5, 5.41) is 1.59. The van der Waals surface area contributed by atoms with Crippen molar-refractivity contribution in [3.8, 4) is 0 Å². The minimum atomic E-state index is -4.72. The molecule has 15 heteroatoms. The van der Waals surface area contributed by atoms with E-state index in [4.69, 9.17) is 4.74 Å². The zero-order valence-electron chi connectivity index (χ0n) is 27.7. The van der Waals surface area contributed by atoms with Crippen molar-refractivity contribution in [3.63, 3.8) is 0 Å². The van der Waals surface area contributed by atoms with E-state index in [-0.39, 0.29) is 17.9 Å². The number of carbonyl (C=O) groups excluding carboxylic acids is 4. The van der Waals surface area contributed by atoms with Crippen LogP contribution >= 0.6 is 23.1 Å². The largest absolute Gasteiger partial charge is 0.462 e. The number of nitrogens with one attached hydrogen (secondary N) is 1. The SMILES string of the molecule is CCOC(=O)c1ccc(N2C(=O)[C@H]3[C@H](c4ccc(N(CC)CC)cc4)c4sc(=O)n(CC(=O)Nc5ccccc5C(F)(F)F)c4S[C@H]3C2=O)cc1. The highest BCUT2D eigenvalue weighted by Gasteiger charge is 2.57. The number of ether oxygens (including phenoxy) is 1. The number of rotatable bonds is 10. The molecular formula is C36H33F3N4O6S2. The predicted octanol–water partition coefficient (Wildman–Crippen LogP) is 6.39. The number of fused-ring (bicyclic) bond motifs is 2. The summed E-state index contributed by atoms with van der Waals surface area (Å²) < 4.78 is 47.0. The number of nitrogens with zero attached hydrogens (tertiary/aromatic N) is 3. The summed E-state index contributed by atoms with van der Waals surface area (Å²) in [6, 6.07) is 18.0. The number of thiazole rings is 1. The van der Waals surface area contributed by atoms with Crippen molar-refractivity contribution in [1.29, 1.82) is 0 Å². The first-order valence-corrected chi connectivity index (χ1v) is 17.9. The van der Waals surface area contributed by atoms with Crippen LogP contribution in [0.2, 0.25) is 0 Å². The van der Waals surface area contributed by atoms with Crippen LogP contribution in [-0.4, -0.2) is 53.2 Å². The van der Waals surface area contributed by atoms with Gasteiger partial charge in [0.1, 0.15) is 11.8 Å². The second kappa shape index (κ2) is 14.4. The van der Waals surface area contributed by atoms with E-state index < -0.39 is 69.6 Å². The van der Waals surface area contributed by atoms with E-state index in [1.165, 1.54) is 36.4 Å². The van der Waals surface area contributed by atoms with E-state index in [1.54, 1.807) is 6.92 Å². The lowest BCUT2D eigenvalue weighted by molar-refractivity contribution is -0.137. The lowest BCUT2D eigenvalue weighted by Gasteiger charge is -2.31. The molecule has 1 N–H and O–H groups in total. The molecular weight excluding hydrogens is 706 g/mol. The number of alkyl halides is 3. The maximum atomic E-state index is 14.3. The summed E-state index contributed by atoms with van der Waals surface area (Å²) in [5.74, 6) is -4.10. The Balaban J connectivity index is 1.39. The lowest BCUT2D eigenvalue weighted by Crippen LogP contribution is -2.33.